The topological polar surface area (TPSA) is 66.9 Å². The van der Waals surface area contributed by atoms with Gasteiger partial charge in [-0.3, -0.25) is 4.79 Å². The first kappa shape index (κ1) is 15.7. The Morgan fingerprint density at radius 3 is 2.91 bits per heavy atom. The molecule has 1 heterocycles. The molecule has 1 aromatic carbocycles. The van der Waals surface area contributed by atoms with Crippen molar-refractivity contribution in [3.8, 4) is 0 Å². The van der Waals surface area contributed by atoms with Crippen molar-refractivity contribution >= 4 is 17.4 Å². The van der Waals surface area contributed by atoms with Gasteiger partial charge in [0.2, 0.25) is 0 Å². The molecule has 2 aromatic rings. The van der Waals surface area contributed by atoms with Crippen LogP contribution < -0.4 is 10.6 Å². The standard InChI is InChI=1S/C17H20N4O/c1-4-9-18-15-10-14(19-11-20-15)17(22)21-16-12(3)7-6-8-13(16)5-2/h4,6-8,10-11H,1,5,9H2,2-3H3,(H,21,22)(H,18,19,20). The van der Waals surface area contributed by atoms with Gasteiger partial charge in [-0.2, -0.15) is 0 Å². The van der Waals surface area contributed by atoms with E-state index < -0.39 is 0 Å². The fourth-order valence-electron chi connectivity index (χ4n) is 2.13. The molecule has 0 atom stereocenters. The third-order valence-electron chi connectivity index (χ3n) is 3.31. The number of hydrogen-bond donors (Lipinski definition) is 2. The van der Waals surface area contributed by atoms with Crippen LogP contribution in [-0.4, -0.2) is 22.4 Å². The first-order valence-electron chi connectivity index (χ1n) is 7.22. The van der Waals surface area contributed by atoms with Crippen molar-refractivity contribution in [2.75, 3.05) is 17.2 Å². The van der Waals surface area contributed by atoms with E-state index in [-0.39, 0.29) is 5.91 Å². The summed E-state index contributed by atoms with van der Waals surface area (Å²) in [5.74, 6) is 0.355. The highest BCUT2D eigenvalue weighted by molar-refractivity contribution is 6.04. The largest absolute Gasteiger partial charge is 0.366 e. The molecule has 0 fully saturated rings. The van der Waals surface area contributed by atoms with Gasteiger partial charge in [0.1, 0.15) is 17.8 Å². The van der Waals surface area contributed by atoms with Crippen molar-refractivity contribution in [3.05, 3.63) is 60.1 Å². The molecule has 0 aliphatic rings. The van der Waals surface area contributed by atoms with E-state index in [1.165, 1.54) is 6.33 Å². The van der Waals surface area contributed by atoms with Crippen LogP contribution in [-0.2, 0) is 6.42 Å². The average molecular weight is 296 g/mol. The van der Waals surface area contributed by atoms with E-state index in [4.69, 9.17) is 0 Å². The molecule has 0 saturated heterocycles. The molecular formula is C17H20N4O. The number of anilines is 2. The summed E-state index contributed by atoms with van der Waals surface area (Å²) in [7, 11) is 0. The van der Waals surface area contributed by atoms with Crippen molar-refractivity contribution in [1.29, 1.82) is 0 Å². The first-order chi connectivity index (χ1) is 10.7. The average Bonchev–Trinajstić information content (AvgIpc) is 2.55. The van der Waals surface area contributed by atoms with Gasteiger partial charge in [0.25, 0.3) is 5.91 Å². The van der Waals surface area contributed by atoms with E-state index >= 15 is 0 Å². The normalized spacial score (nSPS) is 10.1. The number of carbonyl (C=O) groups excluding carboxylic acids is 1. The van der Waals surface area contributed by atoms with Crippen LogP contribution in [0.15, 0.2) is 43.2 Å². The summed E-state index contributed by atoms with van der Waals surface area (Å²) < 4.78 is 0. The molecule has 1 aromatic heterocycles. The van der Waals surface area contributed by atoms with E-state index in [1.807, 2.05) is 25.1 Å². The molecule has 0 radical (unpaired) electrons. The molecule has 5 heteroatoms. The van der Waals surface area contributed by atoms with Gasteiger partial charge < -0.3 is 10.6 Å². The lowest BCUT2D eigenvalue weighted by molar-refractivity contribution is 0.102. The van der Waals surface area contributed by atoms with Gasteiger partial charge in [0.05, 0.1) is 0 Å². The number of para-hydroxylation sites is 1. The molecule has 0 spiro atoms. The van der Waals surface area contributed by atoms with Crippen molar-refractivity contribution < 1.29 is 4.79 Å². The summed E-state index contributed by atoms with van der Waals surface area (Å²) in [5, 5.41) is 5.99. The second-order valence-electron chi connectivity index (χ2n) is 4.87. The minimum Gasteiger partial charge on any atom is -0.366 e. The Labute approximate surface area is 130 Å². The van der Waals surface area contributed by atoms with Crippen molar-refractivity contribution in [3.63, 3.8) is 0 Å². The van der Waals surface area contributed by atoms with Crippen molar-refractivity contribution in [2.45, 2.75) is 20.3 Å². The monoisotopic (exact) mass is 296 g/mol. The lowest BCUT2D eigenvalue weighted by atomic mass is 10.1. The maximum atomic E-state index is 12.4. The molecule has 5 nitrogen and oxygen atoms in total. The zero-order chi connectivity index (χ0) is 15.9. The molecule has 1 amide bonds. The summed E-state index contributed by atoms with van der Waals surface area (Å²) in [6.45, 7) is 8.25. The predicted molar refractivity (Wildman–Crippen MR) is 89.2 cm³/mol. The Kier molecular flexibility index (Phi) is 5.25. The van der Waals surface area contributed by atoms with Gasteiger partial charge >= 0.3 is 0 Å². The third kappa shape index (κ3) is 3.69. The number of nitrogens with zero attached hydrogens (tertiary/aromatic N) is 2. The van der Waals surface area contributed by atoms with Gasteiger partial charge in [0.15, 0.2) is 0 Å². The van der Waals surface area contributed by atoms with E-state index in [0.717, 1.165) is 23.2 Å². The number of aryl methyl sites for hydroxylation is 2. The first-order valence-corrected chi connectivity index (χ1v) is 7.22. The molecule has 2 N–H and O–H groups in total. The second-order valence-corrected chi connectivity index (χ2v) is 4.87. The highest BCUT2D eigenvalue weighted by Crippen LogP contribution is 2.21. The lowest BCUT2D eigenvalue weighted by Gasteiger charge is -2.13. The molecule has 0 aliphatic heterocycles. The minimum absolute atomic E-state index is 0.243. The molecular weight excluding hydrogens is 276 g/mol. The van der Waals surface area contributed by atoms with Crippen LogP contribution in [0.2, 0.25) is 0 Å². The molecule has 0 bridgehead atoms. The van der Waals surface area contributed by atoms with Gasteiger partial charge in [0, 0.05) is 18.3 Å². The molecule has 0 aliphatic carbocycles. The highest BCUT2D eigenvalue weighted by atomic mass is 16.1. The van der Waals surface area contributed by atoms with Crippen LogP contribution in [0.1, 0.15) is 28.5 Å². The maximum Gasteiger partial charge on any atom is 0.274 e. The number of benzene rings is 1. The summed E-state index contributed by atoms with van der Waals surface area (Å²) in [4.78, 5) is 20.5. The third-order valence-corrected chi connectivity index (χ3v) is 3.31. The number of rotatable bonds is 6. The van der Waals surface area contributed by atoms with Crippen LogP contribution in [0.3, 0.4) is 0 Å². The SMILES string of the molecule is C=CCNc1cc(C(=O)Nc2c(C)cccc2CC)ncn1. The zero-order valence-corrected chi connectivity index (χ0v) is 12.9. The minimum atomic E-state index is -0.243. The number of aromatic nitrogens is 2. The Morgan fingerprint density at radius 2 is 2.18 bits per heavy atom. The zero-order valence-electron chi connectivity index (χ0n) is 12.9. The Hall–Kier alpha value is -2.69. The highest BCUT2D eigenvalue weighted by Gasteiger charge is 2.12. The van der Waals surface area contributed by atoms with Gasteiger partial charge in [-0.05, 0) is 24.5 Å². The summed E-state index contributed by atoms with van der Waals surface area (Å²) in [6, 6.07) is 7.61. The number of nitrogens with one attached hydrogen (secondary N) is 2. The Morgan fingerprint density at radius 1 is 1.36 bits per heavy atom. The van der Waals surface area contributed by atoms with Crippen molar-refractivity contribution in [1.82, 2.24) is 9.97 Å². The molecule has 0 saturated carbocycles. The van der Waals surface area contributed by atoms with E-state index in [2.05, 4.69) is 34.1 Å². The fourth-order valence-corrected chi connectivity index (χ4v) is 2.13. The molecule has 114 valence electrons. The van der Waals surface area contributed by atoms with Crippen LogP contribution in [0, 0.1) is 6.92 Å². The predicted octanol–water partition coefficient (Wildman–Crippen LogP) is 3.20. The summed E-state index contributed by atoms with van der Waals surface area (Å²) in [5.41, 5.74) is 3.32. The van der Waals surface area contributed by atoms with Gasteiger partial charge in [-0.25, -0.2) is 9.97 Å². The summed E-state index contributed by atoms with van der Waals surface area (Å²) in [6.07, 6.45) is 3.95. The Balaban J connectivity index is 2.21. The molecule has 22 heavy (non-hydrogen) atoms. The molecule has 2 rings (SSSR count). The number of amides is 1. The lowest BCUT2D eigenvalue weighted by Crippen LogP contribution is -2.16. The van der Waals surface area contributed by atoms with Crippen LogP contribution in [0.5, 0.6) is 0 Å². The van der Waals surface area contributed by atoms with Crippen molar-refractivity contribution in [2.24, 2.45) is 0 Å². The maximum absolute atomic E-state index is 12.4. The van der Waals surface area contributed by atoms with Crippen LogP contribution >= 0.6 is 0 Å². The molecule has 0 unspecified atom stereocenters. The van der Waals surface area contributed by atoms with E-state index in [0.29, 0.717) is 18.1 Å². The van der Waals surface area contributed by atoms with E-state index in [1.54, 1.807) is 12.1 Å². The summed E-state index contributed by atoms with van der Waals surface area (Å²) >= 11 is 0. The van der Waals surface area contributed by atoms with Crippen LogP contribution in [0.25, 0.3) is 0 Å². The second kappa shape index (κ2) is 7.36. The van der Waals surface area contributed by atoms with Gasteiger partial charge in [-0.15, -0.1) is 6.58 Å². The number of carbonyl (C=O) groups is 1. The van der Waals surface area contributed by atoms with E-state index in [9.17, 15) is 4.79 Å². The fraction of sp³-hybridized carbons (Fsp3) is 0.235. The van der Waals surface area contributed by atoms with Crippen LogP contribution in [0.4, 0.5) is 11.5 Å². The Bertz CT molecular complexity index is 682. The van der Waals surface area contributed by atoms with Gasteiger partial charge in [-0.1, -0.05) is 31.2 Å². The number of hydrogen-bond acceptors (Lipinski definition) is 4. The smallest absolute Gasteiger partial charge is 0.274 e. The quantitative estimate of drug-likeness (QED) is 0.803.